The van der Waals surface area contributed by atoms with Crippen LogP contribution in [0.2, 0.25) is 0 Å². The molecule has 1 aliphatic rings. The first-order valence-electron chi connectivity index (χ1n) is 6.41. The van der Waals surface area contributed by atoms with Gasteiger partial charge in [-0.3, -0.25) is 0 Å². The zero-order chi connectivity index (χ0) is 12.4. The molecule has 1 aliphatic heterocycles. The van der Waals surface area contributed by atoms with Crippen LogP contribution in [0.3, 0.4) is 0 Å². The average Bonchev–Trinajstić information content (AvgIpc) is 2.83. The Bertz CT molecular complexity index is 515. The van der Waals surface area contributed by atoms with Crippen molar-refractivity contribution in [3.63, 3.8) is 0 Å². The second-order valence-electron chi connectivity index (χ2n) is 4.66. The van der Waals surface area contributed by atoms with Crippen LogP contribution in [0.4, 0.5) is 5.82 Å². The number of piperidine rings is 1. The van der Waals surface area contributed by atoms with E-state index in [9.17, 15) is 0 Å². The molecule has 3 rings (SSSR count). The normalized spacial score (nSPS) is 15.9. The van der Waals surface area contributed by atoms with E-state index in [4.69, 9.17) is 11.8 Å². The van der Waals surface area contributed by atoms with E-state index in [1.807, 2.05) is 18.2 Å². The average molecular weight is 262 g/mol. The SMILES string of the molecule is Cln1nc(N2CCCCC2)cc1-c1ccccc1. The van der Waals surface area contributed by atoms with Crippen LogP contribution in [0.5, 0.6) is 0 Å². The fourth-order valence-electron chi connectivity index (χ4n) is 2.42. The third-order valence-electron chi connectivity index (χ3n) is 3.40. The molecule has 94 valence electrons. The first-order chi connectivity index (χ1) is 8.84. The third kappa shape index (κ3) is 2.23. The van der Waals surface area contributed by atoms with E-state index >= 15 is 0 Å². The number of hydrogen-bond donors (Lipinski definition) is 0. The predicted molar refractivity (Wildman–Crippen MR) is 75.0 cm³/mol. The van der Waals surface area contributed by atoms with E-state index in [-0.39, 0.29) is 0 Å². The van der Waals surface area contributed by atoms with Gasteiger partial charge in [-0.05, 0) is 19.3 Å². The third-order valence-corrected chi connectivity index (χ3v) is 3.66. The second kappa shape index (κ2) is 5.02. The summed E-state index contributed by atoms with van der Waals surface area (Å²) in [4.78, 5) is 2.31. The molecule has 1 fully saturated rings. The van der Waals surface area contributed by atoms with Crippen LogP contribution in [-0.4, -0.2) is 22.4 Å². The summed E-state index contributed by atoms with van der Waals surface area (Å²) in [5.41, 5.74) is 2.06. The Morgan fingerprint density at radius 1 is 1.00 bits per heavy atom. The first kappa shape index (κ1) is 11.6. The lowest BCUT2D eigenvalue weighted by Crippen LogP contribution is -2.29. The molecule has 18 heavy (non-hydrogen) atoms. The molecular formula is C14H16ClN3. The maximum absolute atomic E-state index is 6.18. The van der Waals surface area contributed by atoms with Gasteiger partial charge in [-0.15, -0.1) is 5.10 Å². The van der Waals surface area contributed by atoms with Gasteiger partial charge in [0, 0.05) is 36.5 Å². The summed E-state index contributed by atoms with van der Waals surface area (Å²) in [7, 11) is 0. The van der Waals surface area contributed by atoms with E-state index in [0.29, 0.717) is 0 Å². The van der Waals surface area contributed by atoms with Crippen LogP contribution in [-0.2, 0) is 0 Å². The highest BCUT2D eigenvalue weighted by atomic mass is 35.5. The fraction of sp³-hybridized carbons (Fsp3) is 0.357. The van der Waals surface area contributed by atoms with Crippen LogP contribution in [0.15, 0.2) is 36.4 Å². The van der Waals surface area contributed by atoms with E-state index in [1.54, 1.807) is 0 Å². The number of nitrogens with zero attached hydrogens (tertiary/aromatic N) is 3. The molecule has 2 heterocycles. The quantitative estimate of drug-likeness (QED) is 0.824. The summed E-state index contributed by atoms with van der Waals surface area (Å²) < 4.78 is 1.46. The van der Waals surface area contributed by atoms with Crippen molar-refractivity contribution in [2.75, 3.05) is 18.0 Å². The van der Waals surface area contributed by atoms with Gasteiger partial charge in [0.2, 0.25) is 0 Å². The van der Waals surface area contributed by atoms with Crippen molar-refractivity contribution in [2.45, 2.75) is 19.3 Å². The smallest absolute Gasteiger partial charge is 0.152 e. The van der Waals surface area contributed by atoms with E-state index in [2.05, 4.69) is 28.2 Å². The van der Waals surface area contributed by atoms with Gasteiger partial charge < -0.3 is 4.90 Å². The van der Waals surface area contributed by atoms with Crippen LogP contribution in [0, 0.1) is 0 Å². The number of benzene rings is 1. The van der Waals surface area contributed by atoms with Crippen molar-refractivity contribution >= 4 is 17.6 Å². The van der Waals surface area contributed by atoms with Crippen molar-refractivity contribution in [2.24, 2.45) is 0 Å². The van der Waals surface area contributed by atoms with Crippen molar-refractivity contribution in [3.05, 3.63) is 36.4 Å². The van der Waals surface area contributed by atoms with Gasteiger partial charge in [-0.2, -0.15) is 4.20 Å². The molecule has 0 bridgehead atoms. The van der Waals surface area contributed by atoms with Crippen molar-refractivity contribution < 1.29 is 0 Å². The van der Waals surface area contributed by atoms with Gasteiger partial charge in [-0.1, -0.05) is 30.3 Å². The highest BCUT2D eigenvalue weighted by molar-refractivity contribution is 6.16. The number of halogens is 1. The molecule has 0 spiro atoms. The largest absolute Gasteiger partial charge is 0.355 e. The molecule has 0 radical (unpaired) electrons. The van der Waals surface area contributed by atoms with Crippen molar-refractivity contribution in [1.29, 1.82) is 0 Å². The molecular weight excluding hydrogens is 246 g/mol. The second-order valence-corrected chi connectivity index (χ2v) is 4.98. The molecule has 0 unspecified atom stereocenters. The summed E-state index contributed by atoms with van der Waals surface area (Å²) in [5, 5.41) is 4.42. The Hall–Kier alpha value is -1.48. The molecule has 4 heteroatoms. The first-order valence-corrected chi connectivity index (χ1v) is 6.75. The zero-order valence-electron chi connectivity index (χ0n) is 10.2. The minimum atomic E-state index is 0.956. The molecule has 0 aliphatic carbocycles. The van der Waals surface area contributed by atoms with Crippen LogP contribution in [0.1, 0.15) is 19.3 Å². The summed E-state index contributed by atoms with van der Waals surface area (Å²) in [6.45, 7) is 2.17. The van der Waals surface area contributed by atoms with Crippen molar-refractivity contribution in [3.8, 4) is 11.3 Å². The van der Waals surface area contributed by atoms with Gasteiger partial charge in [-0.25, -0.2) is 0 Å². The van der Waals surface area contributed by atoms with Gasteiger partial charge in [0.1, 0.15) is 0 Å². The lowest BCUT2D eigenvalue weighted by Gasteiger charge is -2.26. The Kier molecular flexibility index (Phi) is 3.24. The Morgan fingerprint density at radius 2 is 1.72 bits per heavy atom. The highest BCUT2D eigenvalue weighted by Crippen LogP contribution is 2.26. The Balaban J connectivity index is 1.91. The summed E-state index contributed by atoms with van der Waals surface area (Å²) in [6, 6.07) is 12.2. The molecule has 1 aromatic carbocycles. The molecule has 2 aromatic rings. The summed E-state index contributed by atoms with van der Waals surface area (Å²) in [6.07, 6.45) is 3.81. The Morgan fingerprint density at radius 3 is 2.44 bits per heavy atom. The van der Waals surface area contributed by atoms with Crippen LogP contribution < -0.4 is 4.90 Å². The maximum atomic E-state index is 6.18. The van der Waals surface area contributed by atoms with Crippen LogP contribution in [0.25, 0.3) is 11.3 Å². The van der Waals surface area contributed by atoms with Gasteiger partial charge >= 0.3 is 0 Å². The molecule has 3 nitrogen and oxygen atoms in total. The lowest BCUT2D eigenvalue weighted by atomic mass is 10.1. The minimum absolute atomic E-state index is 0.956. The predicted octanol–water partition coefficient (Wildman–Crippen LogP) is 3.54. The molecule has 1 aromatic heterocycles. The standard InChI is InChI=1S/C14H16ClN3/c15-18-13(12-7-3-1-4-8-12)11-14(16-18)17-9-5-2-6-10-17/h1,3-4,7-8,11H,2,5-6,9-10H2. The van der Waals surface area contributed by atoms with Gasteiger partial charge in [0.25, 0.3) is 0 Å². The number of hydrogen-bond acceptors (Lipinski definition) is 2. The van der Waals surface area contributed by atoms with Gasteiger partial charge in [0.15, 0.2) is 5.82 Å². The van der Waals surface area contributed by atoms with Gasteiger partial charge in [0.05, 0.1) is 5.69 Å². The molecule has 1 saturated heterocycles. The fourth-order valence-corrected chi connectivity index (χ4v) is 2.65. The molecule has 0 saturated carbocycles. The molecule has 0 N–H and O–H groups in total. The topological polar surface area (TPSA) is 21.1 Å². The van der Waals surface area contributed by atoms with Crippen molar-refractivity contribution in [1.82, 2.24) is 9.30 Å². The number of rotatable bonds is 2. The Labute approximate surface area is 112 Å². The number of aromatic nitrogens is 2. The number of anilines is 1. The zero-order valence-corrected chi connectivity index (χ0v) is 11.0. The lowest BCUT2D eigenvalue weighted by molar-refractivity contribution is 0.572. The summed E-state index contributed by atoms with van der Waals surface area (Å²) in [5.74, 6) is 0.989. The summed E-state index contributed by atoms with van der Waals surface area (Å²) >= 11 is 6.18. The van der Waals surface area contributed by atoms with Crippen LogP contribution >= 0.6 is 11.8 Å². The highest BCUT2D eigenvalue weighted by Gasteiger charge is 2.16. The maximum Gasteiger partial charge on any atom is 0.152 e. The monoisotopic (exact) mass is 261 g/mol. The van der Waals surface area contributed by atoms with E-state index in [0.717, 1.165) is 30.2 Å². The minimum Gasteiger partial charge on any atom is -0.355 e. The molecule has 0 atom stereocenters. The van der Waals surface area contributed by atoms with E-state index in [1.165, 1.54) is 23.5 Å². The van der Waals surface area contributed by atoms with E-state index < -0.39 is 0 Å². The molecule has 0 amide bonds.